The lowest BCUT2D eigenvalue weighted by Gasteiger charge is -2.11. The van der Waals surface area contributed by atoms with Crippen LogP contribution in [-0.2, 0) is 6.42 Å². The summed E-state index contributed by atoms with van der Waals surface area (Å²) in [6.07, 6.45) is 2.89. The second kappa shape index (κ2) is 4.97. The molecule has 0 amide bonds. The van der Waals surface area contributed by atoms with Gasteiger partial charge >= 0.3 is 0 Å². The Hall–Kier alpha value is -0.890. The van der Waals surface area contributed by atoms with Crippen LogP contribution in [0, 0.1) is 6.92 Å². The lowest BCUT2D eigenvalue weighted by Crippen LogP contribution is -2.27. The molecule has 0 saturated carbocycles. The molecule has 0 aliphatic heterocycles. The standard InChI is InChI=1S/C11H18N2/c1-4-12-10(3)8-11-7-9(2)5-6-13-11/h5-7,10,12H,4,8H2,1-3H3/t10-/m1/s1. The van der Waals surface area contributed by atoms with Crippen molar-refractivity contribution < 1.29 is 0 Å². The van der Waals surface area contributed by atoms with Gasteiger partial charge in [0.2, 0.25) is 0 Å². The van der Waals surface area contributed by atoms with Gasteiger partial charge < -0.3 is 5.32 Å². The molecule has 0 radical (unpaired) electrons. The van der Waals surface area contributed by atoms with Crippen LogP contribution < -0.4 is 5.32 Å². The number of nitrogens with zero attached hydrogens (tertiary/aromatic N) is 1. The summed E-state index contributed by atoms with van der Waals surface area (Å²) in [7, 11) is 0. The predicted octanol–water partition coefficient (Wildman–Crippen LogP) is 1.93. The molecule has 1 aromatic heterocycles. The summed E-state index contributed by atoms with van der Waals surface area (Å²) in [6.45, 7) is 7.43. The summed E-state index contributed by atoms with van der Waals surface area (Å²) in [5.74, 6) is 0. The van der Waals surface area contributed by atoms with E-state index in [1.807, 2.05) is 12.3 Å². The van der Waals surface area contributed by atoms with Gasteiger partial charge in [0.25, 0.3) is 0 Å². The van der Waals surface area contributed by atoms with Crippen molar-refractivity contribution in [1.82, 2.24) is 10.3 Å². The van der Waals surface area contributed by atoms with E-state index in [9.17, 15) is 0 Å². The summed E-state index contributed by atoms with van der Waals surface area (Å²) < 4.78 is 0. The molecule has 13 heavy (non-hydrogen) atoms. The first kappa shape index (κ1) is 10.2. The molecule has 0 saturated heterocycles. The molecule has 1 heterocycles. The SMILES string of the molecule is CCN[C@H](C)Cc1cc(C)ccn1. The van der Waals surface area contributed by atoms with Gasteiger partial charge in [-0.3, -0.25) is 4.98 Å². The van der Waals surface area contributed by atoms with Crippen molar-refractivity contribution in [2.75, 3.05) is 6.54 Å². The monoisotopic (exact) mass is 178 g/mol. The molecule has 0 aliphatic carbocycles. The summed E-state index contributed by atoms with van der Waals surface area (Å²) in [6, 6.07) is 4.69. The highest BCUT2D eigenvalue weighted by Crippen LogP contribution is 2.02. The van der Waals surface area contributed by atoms with Crippen molar-refractivity contribution in [2.45, 2.75) is 33.2 Å². The van der Waals surface area contributed by atoms with Crippen LogP contribution in [0.1, 0.15) is 25.1 Å². The Bertz CT molecular complexity index is 258. The zero-order chi connectivity index (χ0) is 9.68. The summed E-state index contributed by atoms with van der Waals surface area (Å²) in [5, 5.41) is 3.37. The molecule has 2 nitrogen and oxygen atoms in total. The van der Waals surface area contributed by atoms with Crippen LogP contribution in [0.25, 0.3) is 0 Å². The largest absolute Gasteiger partial charge is 0.314 e. The maximum Gasteiger partial charge on any atom is 0.0421 e. The fraction of sp³-hybridized carbons (Fsp3) is 0.545. The normalized spacial score (nSPS) is 12.8. The number of nitrogens with one attached hydrogen (secondary N) is 1. The predicted molar refractivity (Wildman–Crippen MR) is 55.8 cm³/mol. The Labute approximate surface area is 80.4 Å². The first-order chi connectivity index (χ1) is 6.22. The third kappa shape index (κ3) is 3.55. The number of likely N-dealkylation sites (N-methyl/N-ethyl adjacent to an activating group) is 1. The van der Waals surface area contributed by atoms with Crippen LogP contribution in [0.4, 0.5) is 0 Å². The Morgan fingerprint density at radius 2 is 2.31 bits per heavy atom. The first-order valence-electron chi connectivity index (χ1n) is 4.87. The van der Waals surface area contributed by atoms with Crippen LogP contribution in [-0.4, -0.2) is 17.6 Å². The molecule has 0 spiro atoms. The van der Waals surface area contributed by atoms with Crippen LogP contribution in [0.15, 0.2) is 18.3 Å². The van der Waals surface area contributed by atoms with Gasteiger partial charge in [0, 0.05) is 24.4 Å². The molecule has 1 N–H and O–H groups in total. The quantitative estimate of drug-likeness (QED) is 0.762. The lowest BCUT2D eigenvalue weighted by atomic mass is 10.1. The van der Waals surface area contributed by atoms with Crippen LogP contribution in [0.2, 0.25) is 0 Å². The van der Waals surface area contributed by atoms with Crippen LogP contribution in [0.3, 0.4) is 0 Å². The van der Waals surface area contributed by atoms with Crippen molar-refractivity contribution in [2.24, 2.45) is 0 Å². The highest BCUT2D eigenvalue weighted by atomic mass is 14.9. The van der Waals surface area contributed by atoms with Gasteiger partial charge in [-0.25, -0.2) is 0 Å². The van der Waals surface area contributed by atoms with Crippen molar-refractivity contribution in [1.29, 1.82) is 0 Å². The Balaban J connectivity index is 2.53. The molecule has 2 heteroatoms. The van der Waals surface area contributed by atoms with E-state index in [-0.39, 0.29) is 0 Å². The van der Waals surface area contributed by atoms with Crippen LogP contribution >= 0.6 is 0 Å². The van der Waals surface area contributed by atoms with Gasteiger partial charge in [0.15, 0.2) is 0 Å². The van der Waals surface area contributed by atoms with Crippen molar-refractivity contribution >= 4 is 0 Å². The minimum atomic E-state index is 0.513. The molecule has 0 unspecified atom stereocenters. The third-order valence-electron chi connectivity index (χ3n) is 2.04. The smallest absolute Gasteiger partial charge is 0.0421 e. The summed E-state index contributed by atoms with van der Waals surface area (Å²) in [4.78, 5) is 4.32. The number of aromatic nitrogens is 1. The van der Waals surface area contributed by atoms with Gasteiger partial charge in [0.1, 0.15) is 0 Å². The maximum absolute atomic E-state index is 4.32. The highest BCUT2D eigenvalue weighted by Gasteiger charge is 2.02. The molecular formula is C11H18N2. The van der Waals surface area contributed by atoms with Gasteiger partial charge in [-0.1, -0.05) is 6.92 Å². The second-order valence-corrected chi connectivity index (χ2v) is 3.49. The minimum absolute atomic E-state index is 0.513. The molecule has 0 bridgehead atoms. The summed E-state index contributed by atoms with van der Waals surface area (Å²) >= 11 is 0. The number of hydrogen-bond donors (Lipinski definition) is 1. The topological polar surface area (TPSA) is 24.9 Å². The van der Waals surface area contributed by atoms with Crippen LogP contribution in [0.5, 0.6) is 0 Å². The van der Waals surface area contributed by atoms with E-state index in [4.69, 9.17) is 0 Å². The van der Waals surface area contributed by atoms with E-state index in [2.05, 4.69) is 37.1 Å². The Kier molecular flexibility index (Phi) is 3.90. The minimum Gasteiger partial charge on any atom is -0.314 e. The van der Waals surface area contributed by atoms with E-state index >= 15 is 0 Å². The van der Waals surface area contributed by atoms with E-state index in [1.54, 1.807) is 0 Å². The Morgan fingerprint density at radius 3 is 2.92 bits per heavy atom. The first-order valence-corrected chi connectivity index (χ1v) is 4.87. The average Bonchev–Trinajstić information content (AvgIpc) is 2.04. The maximum atomic E-state index is 4.32. The molecule has 72 valence electrons. The number of pyridine rings is 1. The van der Waals surface area contributed by atoms with Gasteiger partial charge in [-0.15, -0.1) is 0 Å². The molecule has 1 rings (SSSR count). The molecule has 0 aliphatic rings. The third-order valence-corrected chi connectivity index (χ3v) is 2.04. The number of rotatable bonds is 4. The van der Waals surface area contributed by atoms with Crippen molar-refractivity contribution in [3.05, 3.63) is 29.6 Å². The zero-order valence-corrected chi connectivity index (χ0v) is 8.67. The van der Waals surface area contributed by atoms with Gasteiger partial charge in [-0.2, -0.15) is 0 Å². The van der Waals surface area contributed by atoms with E-state index in [0.29, 0.717) is 6.04 Å². The van der Waals surface area contributed by atoms with E-state index in [0.717, 1.165) is 13.0 Å². The number of hydrogen-bond acceptors (Lipinski definition) is 2. The lowest BCUT2D eigenvalue weighted by molar-refractivity contribution is 0.559. The average molecular weight is 178 g/mol. The Morgan fingerprint density at radius 1 is 1.54 bits per heavy atom. The van der Waals surface area contributed by atoms with E-state index in [1.165, 1.54) is 11.3 Å². The molecule has 0 aromatic carbocycles. The van der Waals surface area contributed by atoms with E-state index < -0.39 is 0 Å². The highest BCUT2D eigenvalue weighted by molar-refractivity contribution is 5.15. The summed E-state index contributed by atoms with van der Waals surface area (Å²) in [5.41, 5.74) is 2.46. The molecular weight excluding hydrogens is 160 g/mol. The van der Waals surface area contributed by atoms with Gasteiger partial charge in [0.05, 0.1) is 0 Å². The zero-order valence-electron chi connectivity index (χ0n) is 8.67. The fourth-order valence-corrected chi connectivity index (χ4v) is 1.44. The van der Waals surface area contributed by atoms with Crippen molar-refractivity contribution in [3.63, 3.8) is 0 Å². The van der Waals surface area contributed by atoms with Gasteiger partial charge in [-0.05, 0) is 38.1 Å². The molecule has 1 atom stereocenters. The second-order valence-electron chi connectivity index (χ2n) is 3.49. The number of aryl methyl sites for hydroxylation is 1. The fourth-order valence-electron chi connectivity index (χ4n) is 1.44. The molecule has 0 fully saturated rings. The van der Waals surface area contributed by atoms with Crippen molar-refractivity contribution in [3.8, 4) is 0 Å². The molecule has 1 aromatic rings.